The van der Waals surface area contributed by atoms with Crippen molar-refractivity contribution in [1.82, 2.24) is 10.2 Å². The van der Waals surface area contributed by atoms with E-state index in [0.29, 0.717) is 12.8 Å². The van der Waals surface area contributed by atoms with Crippen molar-refractivity contribution >= 4 is 18.0 Å². The minimum atomic E-state index is -0.658. The number of ether oxygens (including phenoxy) is 2. The first-order valence-corrected chi connectivity index (χ1v) is 8.92. The normalized spacial score (nSPS) is 26.9. The van der Waals surface area contributed by atoms with Crippen LogP contribution in [0.4, 0.5) is 4.79 Å². The number of nitrogens with zero attached hydrogens (tertiary/aromatic N) is 1. The third kappa shape index (κ3) is 5.09. The molecule has 0 aromatic carbocycles. The standard InChI is InChI=1S/C18H30N2O5/c1-17(2,3)24-15(22)13-10-8-11-7-9-12(14(21)20(11)13)19-16(23)25-18(4,5)6/h11-13H,7-10H2,1-6H3,(H,19,23)/t11-,12+,13-/m0/s1. The lowest BCUT2D eigenvalue weighted by Gasteiger charge is -2.38. The maximum atomic E-state index is 12.8. The van der Waals surface area contributed by atoms with E-state index in [1.165, 1.54) is 0 Å². The van der Waals surface area contributed by atoms with Crippen LogP contribution < -0.4 is 5.32 Å². The predicted molar refractivity (Wildman–Crippen MR) is 91.9 cm³/mol. The number of carbonyl (C=O) groups is 3. The van der Waals surface area contributed by atoms with E-state index in [1.54, 1.807) is 25.7 Å². The molecule has 2 heterocycles. The van der Waals surface area contributed by atoms with E-state index in [4.69, 9.17) is 9.47 Å². The van der Waals surface area contributed by atoms with Crippen LogP contribution in [0, 0.1) is 0 Å². The molecule has 3 atom stereocenters. The summed E-state index contributed by atoms with van der Waals surface area (Å²) in [7, 11) is 0. The van der Waals surface area contributed by atoms with Crippen molar-refractivity contribution < 1.29 is 23.9 Å². The highest BCUT2D eigenvalue weighted by atomic mass is 16.6. The van der Waals surface area contributed by atoms with Gasteiger partial charge in [-0.3, -0.25) is 4.79 Å². The third-order valence-corrected chi connectivity index (χ3v) is 4.21. The van der Waals surface area contributed by atoms with E-state index in [1.807, 2.05) is 20.8 Å². The molecule has 2 aliphatic heterocycles. The van der Waals surface area contributed by atoms with Crippen molar-refractivity contribution in [2.24, 2.45) is 0 Å². The number of piperidine rings is 1. The second-order valence-electron chi connectivity index (χ2n) is 8.80. The summed E-state index contributed by atoms with van der Waals surface area (Å²) in [5, 5.41) is 2.64. The van der Waals surface area contributed by atoms with Crippen LogP contribution in [0.1, 0.15) is 67.2 Å². The number of hydrogen-bond acceptors (Lipinski definition) is 5. The Morgan fingerprint density at radius 3 is 2.08 bits per heavy atom. The Hall–Kier alpha value is -1.79. The summed E-state index contributed by atoms with van der Waals surface area (Å²) in [5.74, 6) is -0.600. The number of hydrogen-bond donors (Lipinski definition) is 1. The van der Waals surface area contributed by atoms with Crippen molar-refractivity contribution in [3.63, 3.8) is 0 Å². The van der Waals surface area contributed by atoms with Crippen molar-refractivity contribution in [2.45, 2.75) is 96.6 Å². The Morgan fingerprint density at radius 2 is 1.52 bits per heavy atom. The zero-order valence-electron chi connectivity index (χ0n) is 16.0. The third-order valence-electron chi connectivity index (χ3n) is 4.21. The van der Waals surface area contributed by atoms with Gasteiger partial charge in [0, 0.05) is 6.04 Å². The summed E-state index contributed by atoms with van der Waals surface area (Å²) in [5.41, 5.74) is -1.22. The fourth-order valence-corrected chi connectivity index (χ4v) is 3.35. The minimum absolute atomic E-state index is 0.0432. The predicted octanol–water partition coefficient (Wildman–Crippen LogP) is 2.37. The second-order valence-corrected chi connectivity index (χ2v) is 8.80. The molecule has 1 N–H and O–H groups in total. The molecular weight excluding hydrogens is 324 g/mol. The van der Waals surface area contributed by atoms with Crippen LogP contribution >= 0.6 is 0 Å². The first-order chi connectivity index (χ1) is 11.4. The van der Waals surface area contributed by atoms with Crippen LogP contribution in [0.25, 0.3) is 0 Å². The van der Waals surface area contributed by atoms with Crippen LogP contribution in [0.5, 0.6) is 0 Å². The van der Waals surface area contributed by atoms with Gasteiger partial charge in [-0.2, -0.15) is 0 Å². The molecule has 0 aromatic rings. The molecule has 142 valence electrons. The van der Waals surface area contributed by atoms with Crippen molar-refractivity contribution in [1.29, 1.82) is 0 Å². The average molecular weight is 354 g/mol. The van der Waals surface area contributed by atoms with Gasteiger partial charge in [0.25, 0.3) is 0 Å². The van der Waals surface area contributed by atoms with Gasteiger partial charge in [0.15, 0.2) is 0 Å². The summed E-state index contributed by atoms with van der Waals surface area (Å²) in [6.45, 7) is 10.7. The second kappa shape index (κ2) is 6.84. The van der Waals surface area contributed by atoms with Gasteiger partial charge in [0.05, 0.1) is 0 Å². The summed E-state index contributed by atoms with van der Waals surface area (Å²) < 4.78 is 10.7. The molecule has 0 aliphatic carbocycles. The van der Waals surface area contributed by atoms with Crippen molar-refractivity contribution in [3.8, 4) is 0 Å². The summed E-state index contributed by atoms with van der Waals surface area (Å²) in [6.07, 6.45) is 2.09. The number of carbonyl (C=O) groups excluding carboxylic acids is 3. The fourth-order valence-electron chi connectivity index (χ4n) is 3.35. The number of esters is 1. The molecule has 2 amide bonds. The van der Waals surface area contributed by atoms with Crippen LogP contribution in [0.2, 0.25) is 0 Å². The first kappa shape index (κ1) is 19.5. The van der Waals surface area contributed by atoms with E-state index in [0.717, 1.165) is 12.8 Å². The molecule has 0 spiro atoms. The topological polar surface area (TPSA) is 84.9 Å². The average Bonchev–Trinajstić information content (AvgIpc) is 2.82. The van der Waals surface area contributed by atoms with E-state index in [-0.39, 0.29) is 17.9 Å². The molecule has 7 heteroatoms. The largest absolute Gasteiger partial charge is 0.458 e. The number of rotatable bonds is 2. The van der Waals surface area contributed by atoms with Crippen LogP contribution in [-0.4, -0.2) is 52.2 Å². The molecule has 0 radical (unpaired) electrons. The highest BCUT2D eigenvalue weighted by Gasteiger charge is 2.47. The molecule has 0 unspecified atom stereocenters. The lowest BCUT2D eigenvalue weighted by Crippen LogP contribution is -2.58. The lowest BCUT2D eigenvalue weighted by molar-refractivity contribution is -0.165. The Kier molecular flexibility index (Phi) is 5.35. The zero-order chi connectivity index (χ0) is 19.0. The van der Waals surface area contributed by atoms with E-state index in [9.17, 15) is 14.4 Å². The van der Waals surface area contributed by atoms with Crippen LogP contribution in [0.3, 0.4) is 0 Å². The van der Waals surface area contributed by atoms with E-state index in [2.05, 4.69) is 5.32 Å². The molecule has 0 aromatic heterocycles. The molecule has 7 nitrogen and oxygen atoms in total. The molecule has 2 saturated heterocycles. The van der Waals surface area contributed by atoms with Gasteiger partial charge in [-0.05, 0) is 67.2 Å². The van der Waals surface area contributed by atoms with Gasteiger partial charge in [-0.1, -0.05) is 0 Å². The van der Waals surface area contributed by atoms with Crippen molar-refractivity contribution in [3.05, 3.63) is 0 Å². The first-order valence-electron chi connectivity index (χ1n) is 8.92. The van der Waals surface area contributed by atoms with Gasteiger partial charge < -0.3 is 19.7 Å². The van der Waals surface area contributed by atoms with Gasteiger partial charge in [0.2, 0.25) is 5.91 Å². The Labute approximate surface area is 149 Å². The molecule has 25 heavy (non-hydrogen) atoms. The van der Waals surface area contributed by atoms with Crippen LogP contribution in [0.15, 0.2) is 0 Å². The maximum Gasteiger partial charge on any atom is 0.408 e. The van der Waals surface area contributed by atoms with E-state index < -0.39 is 29.4 Å². The van der Waals surface area contributed by atoms with Crippen LogP contribution in [-0.2, 0) is 19.1 Å². The van der Waals surface area contributed by atoms with Gasteiger partial charge in [-0.15, -0.1) is 0 Å². The van der Waals surface area contributed by atoms with Gasteiger partial charge >= 0.3 is 12.1 Å². The minimum Gasteiger partial charge on any atom is -0.458 e. The molecular formula is C18H30N2O5. The monoisotopic (exact) mass is 354 g/mol. The summed E-state index contributed by atoms with van der Waals surface area (Å²) >= 11 is 0. The molecule has 2 fully saturated rings. The maximum absolute atomic E-state index is 12.8. The van der Waals surface area contributed by atoms with E-state index >= 15 is 0 Å². The van der Waals surface area contributed by atoms with Crippen molar-refractivity contribution in [2.75, 3.05) is 0 Å². The Bertz CT molecular complexity index is 547. The molecule has 2 rings (SSSR count). The van der Waals surface area contributed by atoms with Gasteiger partial charge in [0.1, 0.15) is 23.3 Å². The number of alkyl carbamates (subject to hydrolysis) is 1. The SMILES string of the molecule is CC(C)(C)OC(=O)N[C@@H]1CC[C@H]2CC[C@@H](C(=O)OC(C)(C)C)N2C1=O. The fraction of sp³-hybridized carbons (Fsp3) is 0.833. The Morgan fingerprint density at radius 1 is 0.960 bits per heavy atom. The molecule has 0 bridgehead atoms. The summed E-state index contributed by atoms with van der Waals surface area (Å²) in [6, 6.07) is -1.18. The number of amides is 2. The highest BCUT2D eigenvalue weighted by molar-refractivity contribution is 5.91. The highest BCUT2D eigenvalue weighted by Crippen LogP contribution is 2.33. The quantitative estimate of drug-likeness (QED) is 0.770. The smallest absolute Gasteiger partial charge is 0.408 e. The number of fused-ring (bicyclic) bond motifs is 1. The molecule has 0 saturated carbocycles. The Balaban J connectivity index is 2.04. The number of nitrogens with one attached hydrogen (secondary N) is 1. The lowest BCUT2D eigenvalue weighted by atomic mass is 9.98. The van der Waals surface area contributed by atoms with Gasteiger partial charge in [-0.25, -0.2) is 9.59 Å². The zero-order valence-corrected chi connectivity index (χ0v) is 16.0. The summed E-state index contributed by atoms with van der Waals surface area (Å²) in [4.78, 5) is 38.9. The molecule has 2 aliphatic rings.